The summed E-state index contributed by atoms with van der Waals surface area (Å²) >= 11 is 0. The molecule has 0 aliphatic heterocycles. The van der Waals surface area contributed by atoms with E-state index in [0.717, 1.165) is 24.8 Å². The molecule has 1 fully saturated rings. The number of benzene rings is 1. The van der Waals surface area contributed by atoms with Crippen LogP contribution in [-0.2, 0) is 10.2 Å². The van der Waals surface area contributed by atoms with Crippen molar-refractivity contribution in [1.29, 1.82) is 0 Å². The summed E-state index contributed by atoms with van der Waals surface area (Å²) in [5, 5.41) is 9.54. The zero-order valence-corrected chi connectivity index (χ0v) is 8.78. The molecule has 1 aliphatic rings. The van der Waals surface area contributed by atoms with Gasteiger partial charge in [-0.1, -0.05) is 36.8 Å². The zero-order valence-electron chi connectivity index (χ0n) is 8.78. The number of hydrogen-bond acceptors (Lipinski definition) is 2. The van der Waals surface area contributed by atoms with Crippen molar-refractivity contribution in [1.82, 2.24) is 0 Å². The van der Waals surface area contributed by atoms with E-state index in [1.54, 1.807) is 0 Å². The predicted octanol–water partition coefficient (Wildman–Crippen LogP) is 2.06. The van der Waals surface area contributed by atoms with E-state index in [1.807, 2.05) is 30.3 Å². The molecule has 1 saturated carbocycles. The largest absolute Gasteiger partial charge is 0.395 e. The normalized spacial score (nSPS) is 26.6. The fraction of sp³-hybridized carbons (Fsp3) is 0.462. The van der Waals surface area contributed by atoms with Gasteiger partial charge in [0.15, 0.2) is 0 Å². The average molecular weight is 204 g/mol. The van der Waals surface area contributed by atoms with Gasteiger partial charge in [0.1, 0.15) is 5.78 Å². The van der Waals surface area contributed by atoms with Crippen molar-refractivity contribution in [3.8, 4) is 0 Å². The van der Waals surface area contributed by atoms with Crippen molar-refractivity contribution in [2.75, 3.05) is 6.61 Å². The quantitative estimate of drug-likeness (QED) is 0.800. The van der Waals surface area contributed by atoms with Gasteiger partial charge in [0.05, 0.1) is 12.0 Å². The maximum atomic E-state index is 12.0. The topological polar surface area (TPSA) is 37.3 Å². The minimum atomic E-state index is -0.612. The molecular formula is C13H16O2. The first kappa shape index (κ1) is 10.4. The summed E-state index contributed by atoms with van der Waals surface area (Å²) in [6.45, 7) is -0.0597. The number of aliphatic hydroxyl groups excluding tert-OH is 1. The molecule has 80 valence electrons. The third-order valence-electron chi connectivity index (χ3n) is 3.39. The van der Waals surface area contributed by atoms with E-state index in [-0.39, 0.29) is 12.4 Å². The molecule has 15 heavy (non-hydrogen) atoms. The molecule has 0 radical (unpaired) electrons. The summed E-state index contributed by atoms with van der Waals surface area (Å²) in [6.07, 6.45) is 3.39. The number of rotatable bonds is 2. The van der Waals surface area contributed by atoms with E-state index >= 15 is 0 Å². The van der Waals surface area contributed by atoms with Crippen LogP contribution in [0.2, 0.25) is 0 Å². The Morgan fingerprint density at radius 2 is 1.93 bits per heavy atom. The Bertz CT molecular complexity index is 345. The lowest BCUT2D eigenvalue weighted by Crippen LogP contribution is -2.41. The van der Waals surface area contributed by atoms with Gasteiger partial charge in [0.2, 0.25) is 0 Å². The first-order valence-electron chi connectivity index (χ1n) is 5.49. The second kappa shape index (κ2) is 4.15. The van der Waals surface area contributed by atoms with E-state index in [4.69, 9.17) is 0 Å². The molecule has 0 spiro atoms. The van der Waals surface area contributed by atoms with Crippen LogP contribution in [0, 0.1) is 0 Å². The number of carbonyl (C=O) groups is 1. The summed E-state index contributed by atoms with van der Waals surface area (Å²) in [5.41, 5.74) is 0.358. The molecule has 1 aliphatic carbocycles. The van der Waals surface area contributed by atoms with Crippen molar-refractivity contribution < 1.29 is 9.90 Å². The number of carbonyl (C=O) groups excluding carboxylic acids is 1. The SMILES string of the molecule is O=C1CCCCC1(CO)c1ccccc1. The first-order valence-corrected chi connectivity index (χ1v) is 5.49. The van der Waals surface area contributed by atoms with Crippen molar-refractivity contribution >= 4 is 5.78 Å². The Hall–Kier alpha value is -1.15. The number of aliphatic hydroxyl groups is 1. The Kier molecular flexibility index (Phi) is 2.87. The molecule has 1 unspecified atom stereocenters. The second-order valence-corrected chi connectivity index (χ2v) is 4.24. The van der Waals surface area contributed by atoms with E-state index in [2.05, 4.69) is 0 Å². The molecule has 0 aromatic heterocycles. The molecule has 1 aromatic carbocycles. The van der Waals surface area contributed by atoms with Gasteiger partial charge in [-0.2, -0.15) is 0 Å². The van der Waals surface area contributed by atoms with Gasteiger partial charge in [-0.05, 0) is 18.4 Å². The highest BCUT2D eigenvalue weighted by molar-refractivity contribution is 5.91. The van der Waals surface area contributed by atoms with Crippen LogP contribution in [0.1, 0.15) is 31.2 Å². The van der Waals surface area contributed by atoms with Crippen LogP contribution in [0.15, 0.2) is 30.3 Å². The van der Waals surface area contributed by atoms with E-state index in [0.29, 0.717) is 6.42 Å². The summed E-state index contributed by atoms with van der Waals surface area (Å²) in [4.78, 5) is 12.0. The molecule has 0 amide bonds. The lowest BCUT2D eigenvalue weighted by Gasteiger charge is -2.34. The Morgan fingerprint density at radius 1 is 1.20 bits per heavy atom. The fourth-order valence-corrected chi connectivity index (χ4v) is 2.41. The van der Waals surface area contributed by atoms with Crippen LogP contribution in [0.4, 0.5) is 0 Å². The molecule has 0 bridgehead atoms. The summed E-state index contributed by atoms with van der Waals surface area (Å²) < 4.78 is 0. The smallest absolute Gasteiger partial charge is 0.145 e. The molecule has 1 atom stereocenters. The molecule has 2 nitrogen and oxygen atoms in total. The second-order valence-electron chi connectivity index (χ2n) is 4.24. The molecule has 0 heterocycles. The predicted molar refractivity (Wildman–Crippen MR) is 58.7 cm³/mol. The molecule has 1 aromatic rings. The van der Waals surface area contributed by atoms with Gasteiger partial charge in [-0.25, -0.2) is 0 Å². The third-order valence-corrected chi connectivity index (χ3v) is 3.39. The monoisotopic (exact) mass is 204 g/mol. The Labute approximate surface area is 89.9 Å². The lowest BCUT2D eigenvalue weighted by molar-refractivity contribution is -0.128. The molecule has 2 heteroatoms. The van der Waals surface area contributed by atoms with Gasteiger partial charge in [0, 0.05) is 6.42 Å². The van der Waals surface area contributed by atoms with E-state index < -0.39 is 5.41 Å². The van der Waals surface area contributed by atoms with E-state index in [9.17, 15) is 9.90 Å². The van der Waals surface area contributed by atoms with Crippen LogP contribution in [-0.4, -0.2) is 17.5 Å². The average Bonchev–Trinajstić information content (AvgIpc) is 2.31. The zero-order chi connectivity index (χ0) is 10.7. The van der Waals surface area contributed by atoms with Gasteiger partial charge < -0.3 is 5.11 Å². The molecule has 1 N–H and O–H groups in total. The van der Waals surface area contributed by atoms with Gasteiger partial charge in [-0.3, -0.25) is 4.79 Å². The maximum absolute atomic E-state index is 12.0. The highest BCUT2D eigenvalue weighted by Gasteiger charge is 2.40. The van der Waals surface area contributed by atoms with Crippen LogP contribution < -0.4 is 0 Å². The molecule has 0 saturated heterocycles. The highest BCUT2D eigenvalue weighted by Crippen LogP contribution is 2.36. The standard InChI is InChI=1S/C13H16O2/c14-10-13(9-5-4-8-12(13)15)11-6-2-1-3-7-11/h1-3,6-7,14H,4-5,8-10H2. The summed E-state index contributed by atoms with van der Waals surface area (Å²) in [7, 11) is 0. The fourth-order valence-electron chi connectivity index (χ4n) is 2.41. The van der Waals surface area contributed by atoms with Crippen molar-refractivity contribution in [2.24, 2.45) is 0 Å². The van der Waals surface area contributed by atoms with Crippen LogP contribution in [0.3, 0.4) is 0 Å². The van der Waals surface area contributed by atoms with Crippen molar-refractivity contribution in [2.45, 2.75) is 31.1 Å². The maximum Gasteiger partial charge on any atom is 0.145 e. The number of ketones is 1. The van der Waals surface area contributed by atoms with Crippen LogP contribution in [0.25, 0.3) is 0 Å². The summed E-state index contributed by atoms with van der Waals surface area (Å²) in [5.74, 6) is 0.197. The lowest BCUT2D eigenvalue weighted by atomic mass is 9.69. The minimum Gasteiger partial charge on any atom is -0.395 e. The van der Waals surface area contributed by atoms with Gasteiger partial charge in [0.25, 0.3) is 0 Å². The Morgan fingerprint density at radius 3 is 2.53 bits per heavy atom. The number of hydrogen-bond donors (Lipinski definition) is 1. The summed E-state index contributed by atoms with van der Waals surface area (Å²) in [6, 6.07) is 9.67. The van der Waals surface area contributed by atoms with Crippen LogP contribution in [0.5, 0.6) is 0 Å². The number of Topliss-reactive ketones (excluding diaryl/α,β-unsaturated/α-hetero) is 1. The van der Waals surface area contributed by atoms with Crippen molar-refractivity contribution in [3.05, 3.63) is 35.9 Å². The Balaban J connectivity index is 2.40. The first-order chi connectivity index (χ1) is 7.29. The van der Waals surface area contributed by atoms with E-state index in [1.165, 1.54) is 0 Å². The third kappa shape index (κ3) is 1.70. The minimum absolute atomic E-state index is 0.0597. The van der Waals surface area contributed by atoms with Gasteiger partial charge >= 0.3 is 0 Å². The van der Waals surface area contributed by atoms with Crippen LogP contribution >= 0.6 is 0 Å². The molecular weight excluding hydrogens is 188 g/mol. The highest BCUT2D eigenvalue weighted by atomic mass is 16.3. The molecule has 2 rings (SSSR count). The van der Waals surface area contributed by atoms with Crippen molar-refractivity contribution in [3.63, 3.8) is 0 Å². The van der Waals surface area contributed by atoms with Gasteiger partial charge in [-0.15, -0.1) is 0 Å².